The molecule has 1 unspecified atom stereocenters. The van der Waals surface area contributed by atoms with Crippen molar-refractivity contribution in [2.45, 2.75) is 38.7 Å². The largest absolute Gasteiger partial charge is 0.388 e. The summed E-state index contributed by atoms with van der Waals surface area (Å²) >= 11 is 0. The molecule has 2 rings (SSSR count). The van der Waals surface area contributed by atoms with Crippen molar-refractivity contribution in [3.05, 3.63) is 35.1 Å². The predicted molar refractivity (Wildman–Crippen MR) is 58.2 cm³/mol. The van der Waals surface area contributed by atoms with Crippen LogP contribution in [0.25, 0.3) is 0 Å². The van der Waals surface area contributed by atoms with Crippen LogP contribution in [0.3, 0.4) is 0 Å². The molecular formula is C13H17FO. The van der Waals surface area contributed by atoms with E-state index in [1.165, 1.54) is 6.07 Å². The highest BCUT2D eigenvalue weighted by atomic mass is 19.1. The van der Waals surface area contributed by atoms with Gasteiger partial charge in [0.25, 0.3) is 0 Å². The molecule has 1 nitrogen and oxygen atoms in total. The van der Waals surface area contributed by atoms with E-state index in [4.69, 9.17) is 0 Å². The maximum atomic E-state index is 13.5. The number of aliphatic hydroxyl groups excluding tert-OH is 1. The molecule has 0 radical (unpaired) electrons. The minimum atomic E-state index is -0.608. The van der Waals surface area contributed by atoms with Gasteiger partial charge >= 0.3 is 0 Å². The molecule has 1 aliphatic carbocycles. The highest BCUT2D eigenvalue weighted by molar-refractivity contribution is 5.29. The fraction of sp³-hybridized carbons (Fsp3) is 0.538. The zero-order valence-corrected chi connectivity index (χ0v) is 9.20. The third-order valence-electron chi connectivity index (χ3n) is 3.07. The lowest BCUT2D eigenvalue weighted by molar-refractivity contribution is 0.149. The van der Waals surface area contributed by atoms with Gasteiger partial charge in [-0.3, -0.25) is 0 Å². The van der Waals surface area contributed by atoms with E-state index in [9.17, 15) is 9.50 Å². The van der Waals surface area contributed by atoms with Crippen LogP contribution in [0.2, 0.25) is 0 Å². The zero-order chi connectivity index (χ0) is 11.0. The molecular weight excluding hydrogens is 191 g/mol. The first kappa shape index (κ1) is 10.6. The van der Waals surface area contributed by atoms with Crippen LogP contribution in [0.1, 0.15) is 49.8 Å². The van der Waals surface area contributed by atoms with Crippen LogP contribution in [0.4, 0.5) is 4.39 Å². The maximum Gasteiger partial charge on any atom is 0.129 e. The molecule has 1 atom stereocenters. The Labute approximate surface area is 89.9 Å². The number of hydrogen-bond donors (Lipinski definition) is 1. The Morgan fingerprint density at radius 1 is 1.33 bits per heavy atom. The minimum Gasteiger partial charge on any atom is -0.388 e. The Morgan fingerprint density at radius 2 is 2.00 bits per heavy atom. The third kappa shape index (κ3) is 2.20. The molecule has 0 bridgehead atoms. The molecule has 0 saturated heterocycles. The average Bonchev–Trinajstić information content (AvgIpc) is 3.00. The number of hydrogen-bond acceptors (Lipinski definition) is 1. The first-order valence-corrected chi connectivity index (χ1v) is 5.57. The van der Waals surface area contributed by atoms with Crippen LogP contribution >= 0.6 is 0 Å². The van der Waals surface area contributed by atoms with Gasteiger partial charge in [0.2, 0.25) is 0 Å². The molecule has 1 fully saturated rings. The normalized spacial score (nSPS) is 18.2. The first-order chi connectivity index (χ1) is 7.09. The Hall–Kier alpha value is -0.890. The summed E-state index contributed by atoms with van der Waals surface area (Å²) in [5.41, 5.74) is 1.56. The molecule has 82 valence electrons. The lowest BCUT2D eigenvalue weighted by Crippen LogP contribution is -2.04. The van der Waals surface area contributed by atoms with E-state index in [0.717, 1.165) is 18.4 Å². The van der Waals surface area contributed by atoms with Crippen LogP contribution in [0.15, 0.2) is 18.2 Å². The van der Waals surface area contributed by atoms with Crippen LogP contribution in [0.5, 0.6) is 0 Å². The van der Waals surface area contributed by atoms with E-state index in [1.54, 1.807) is 6.07 Å². The predicted octanol–water partition coefficient (Wildman–Crippen LogP) is 3.39. The highest BCUT2D eigenvalue weighted by Crippen LogP contribution is 2.41. The van der Waals surface area contributed by atoms with Crippen LogP contribution in [0, 0.1) is 11.7 Å². The second kappa shape index (κ2) is 3.93. The average molecular weight is 208 g/mol. The van der Waals surface area contributed by atoms with Gasteiger partial charge in [0.15, 0.2) is 0 Å². The molecule has 1 N–H and O–H groups in total. The summed E-state index contributed by atoms with van der Waals surface area (Å²) in [5, 5.41) is 9.91. The van der Waals surface area contributed by atoms with E-state index in [0.29, 0.717) is 11.5 Å². The fourth-order valence-corrected chi connectivity index (χ4v) is 1.81. The van der Waals surface area contributed by atoms with E-state index in [2.05, 4.69) is 13.8 Å². The number of aliphatic hydroxyl groups is 1. The summed E-state index contributed by atoms with van der Waals surface area (Å²) in [5.74, 6) is 0.372. The van der Waals surface area contributed by atoms with Crippen LogP contribution < -0.4 is 0 Å². The van der Waals surface area contributed by atoms with Crippen LogP contribution in [-0.4, -0.2) is 5.11 Å². The molecule has 1 aromatic rings. The van der Waals surface area contributed by atoms with E-state index >= 15 is 0 Å². The summed E-state index contributed by atoms with van der Waals surface area (Å²) in [6, 6.07) is 5.07. The van der Waals surface area contributed by atoms with Gasteiger partial charge in [-0.2, -0.15) is 0 Å². The SMILES string of the molecule is CC(C)c1ccc(F)c(C(O)C2CC2)c1. The molecule has 15 heavy (non-hydrogen) atoms. The lowest BCUT2D eigenvalue weighted by Gasteiger charge is -2.14. The highest BCUT2D eigenvalue weighted by Gasteiger charge is 2.32. The second-order valence-electron chi connectivity index (χ2n) is 4.72. The second-order valence-corrected chi connectivity index (χ2v) is 4.72. The Kier molecular flexibility index (Phi) is 2.79. The summed E-state index contributed by atoms with van der Waals surface area (Å²) < 4.78 is 13.5. The molecule has 0 aliphatic heterocycles. The molecule has 0 aromatic heterocycles. The van der Waals surface area contributed by atoms with E-state index in [1.807, 2.05) is 6.07 Å². The van der Waals surface area contributed by atoms with Gasteiger partial charge in [-0.1, -0.05) is 26.0 Å². The molecule has 1 saturated carbocycles. The van der Waals surface area contributed by atoms with Gasteiger partial charge in [0.05, 0.1) is 6.10 Å². The van der Waals surface area contributed by atoms with Crippen LogP contribution in [-0.2, 0) is 0 Å². The Bertz CT molecular complexity index is 356. The topological polar surface area (TPSA) is 20.2 Å². The van der Waals surface area contributed by atoms with Gasteiger partial charge < -0.3 is 5.11 Å². The zero-order valence-electron chi connectivity index (χ0n) is 9.20. The molecule has 0 amide bonds. The Morgan fingerprint density at radius 3 is 2.53 bits per heavy atom. The van der Waals surface area contributed by atoms with Crippen molar-refractivity contribution >= 4 is 0 Å². The molecule has 0 spiro atoms. The van der Waals surface area contributed by atoms with Crippen molar-refractivity contribution in [3.63, 3.8) is 0 Å². The van der Waals surface area contributed by atoms with Gasteiger partial charge in [0.1, 0.15) is 5.82 Å². The first-order valence-electron chi connectivity index (χ1n) is 5.57. The number of rotatable bonds is 3. The minimum absolute atomic E-state index is 0.279. The summed E-state index contributed by atoms with van der Waals surface area (Å²) in [7, 11) is 0. The standard InChI is InChI=1S/C13H17FO/c1-8(2)10-5-6-12(14)11(7-10)13(15)9-3-4-9/h5-9,13,15H,3-4H2,1-2H3. The van der Waals surface area contributed by atoms with Crippen molar-refractivity contribution in [2.75, 3.05) is 0 Å². The Balaban J connectivity index is 2.31. The monoisotopic (exact) mass is 208 g/mol. The molecule has 1 aliphatic rings. The van der Waals surface area contributed by atoms with Crippen molar-refractivity contribution in [1.82, 2.24) is 0 Å². The smallest absolute Gasteiger partial charge is 0.129 e. The van der Waals surface area contributed by atoms with Gasteiger partial charge in [-0.15, -0.1) is 0 Å². The fourth-order valence-electron chi connectivity index (χ4n) is 1.81. The van der Waals surface area contributed by atoms with Crippen molar-refractivity contribution in [3.8, 4) is 0 Å². The number of benzene rings is 1. The summed E-state index contributed by atoms with van der Waals surface area (Å²) in [6.45, 7) is 4.14. The summed E-state index contributed by atoms with van der Waals surface area (Å²) in [6.07, 6.45) is 1.43. The van der Waals surface area contributed by atoms with Gasteiger partial charge in [0, 0.05) is 5.56 Å². The molecule has 1 aromatic carbocycles. The van der Waals surface area contributed by atoms with Gasteiger partial charge in [-0.25, -0.2) is 4.39 Å². The lowest BCUT2D eigenvalue weighted by atomic mass is 9.97. The number of halogens is 1. The van der Waals surface area contributed by atoms with E-state index in [-0.39, 0.29) is 11.7 Å². The van der Waals surface area contributed by atoms with Crippen molar-refractivity contribution in [2.24, 2.45) is 5.92 Å². The summed E-state index contributed by atoms with van der Waals surface area (Å²) in [4.78, 5) is 0. The van der Waals surface area contributed by atoms with E-state index < -0.39 is 6.10 Å². The molecule has 0 heterocycles. The van der Waals surface area contributed by atoms with Crippen molar-refractivity contribution < 1.29 is 9.50 Å². The van der Waals surface area contributed by atoms with Crippen molar-refractivity contribution in [1.29, 1.82) is 0 Å². The third-order valence-corrected chi connectivity index (χ3v) is 3.07. The quantitative estimate of drug-likeness (QED) is 0.807. The maximum absolute atomic E-state index is 13.5. The molecule has 2 heteroatoms. The van der Waals surface area contributed by atoms with Gasteiger partial charge in [-0.05, 0) is 36.3 Å².